The van der Waals surface area contributed by atoms with Crippen LogP contribution in [0.1, 0.15) is 22.0 Å². The number of nitrogens with zero attached hydrogens (tertiary/aromatic N) is 2. The van der Waals surface area contributed by atoms with Crippen molar-refractivity contribution in [3.63, 3.8) is 0 Å². The average Bonchev–Trinajstić information content (AvgIpc) is 3.00. The molecule has 3 heterocycles. The average molecular weight is 374 g/mol. The van der Waals surface area contributed by atoms with Gasteiger partial charge in [-0.1, -0.05) is 36.4 Å². The van der Waals surface area contributed by atoms with Gasteiger partial charge in [-0.15, -0.1) is 11.3 Å². The van der Waals surface area contributed by atoms with Crippen LogP contribution in [0.25, 0.3) is 0 Å². The third kappa shape index (κ3) is 3.13. The van der Waals surface area contributed by atoms with Crippen LogP contribution in [-0.4, -0.2) is 30.4 Å². The van der Waals surface area contributed by atoms with E-state index in [4.69, 9.17) is 4.99 Å². The summed E-state index contributed by atoms with van der Waals surface area (Å²) in [5, 5.41) is 8.40. The van der Waals surface area contributed by atoms with Crippen LogP contribution in [0.2, 0.25) is 0 Å². The van der Waals surface area contributed by atoms with Crippen molar-refractivity contribution in [1.82, 2.24) is 10.2 Å². The Hall–Kier alpha value is -2.63. The highest BCUT2D eigenvalue weighted by molar-refractivity contribution is 7.16. The first-order valence-corrected chi connectivity index (χ1v) is 10.1. The van der Waals surface area contributed by atoms with Crippen molar-refractivity contribution in [2.24, 2.45) is 4.99 Å². The molecule has 0 amide bonds. The number of piperazine rings is 1. The van der Waals surface area contributed by atoms with Crippen molar-refractivity contribution in [2.75, 3.05) is 25.0 Å². The molecule has 1 unspecified atom stereocenters. The fourth-order valence-electron chi connectivity index (χ4n) is 3.76. The van der Waals surface area contributed by atoms with Crippen LogP contribution in [0.3, 0.4) is 0 Å². The normalized spacial score (nSPS) is 18.8. The molecular formula is C22H21N4S. The highest BCUT2D eigenvalue weighted by atomic mass is 32.1. The number of hydrogen-bond acceptors (Lipinski definition) is 5. The number of rotatable bonds is 1. The van der Waals surface area contributed by atoms with Gasteiger partial charge in [0.05, 0.1) is 23.0 Å². The zero-order valence-electron chi connectivity index (χ0n) is 15.2. The van der Waals surface area contributed by atoms with Crippen LogP contribution >= 0.6 is 11.3 Å². The highest BCUT2D eigenvalue weighted by Crippen LogP contribution is 2.39. The summed E-state index contributed by atoms with van der Waals surface area (Å²) in [4.78, 5) is 8.80. The molecule has 3 aromatic rings. The first kappa shape index (κ1) is 16.5. The molecule has 0 spiro atoms. The van der Waals surface area contributed by atoms with Gasteiger partial charge in [0.2, 0.25) is 0 Å². The first-order valence-electron chi connectivity index (χ1n) is 9.28. The van der Waals surface area contributed by atoms with E-state index in [-0.39, 0.29) is 6.04 Å². The topological polar surface area (TPSA) is 39.7 Å². The second kappa shape index (κ2) is 6.83. The number of anilines is 2. The fraction of sp³-hybridized carbons (Fsp3) is 0.227. The summed E-state index contributed by atoms with van der Waals surface area (Å²) >= 11 is 1.79. The van der Waals surface area contributed by atoms with Gasteiger partial charge in [-0.3, -0.25) is 0 Å². The molecule has 135 valence electrons. The third-order valence-corrected chi connectivity index (χ3v) is 6.02. The van der Waals surface area contributed by atoms with Gasteiger partial charge in [0.15, 0.2) is 0 Å². The van der Waals surface area contributed by atoms with E-state index in [0.29, 0.717) is 0 Å². The zero-order chi connectivity index (χ0) is 18.2. The number of para-hydroxylation sites is 2. The lowest BCUT2D eigenvalue weighted by Crippen LogP contribution is -2.48. The molecule has 2 aliphatic rings. The number of aliphatic imine (C=N–C) groups is 1. The van der Waals surface area contributed by atoms with Crippen LogP contribution in [0.15, 0.2) is 59.6 Å². The predicted octanol–water partition coefficient (Wildman–Crippen LogP) is 4.64. The molecule has 27 heavy (non-hydrogen) atoms. The second-order valence-electron chi connectivity index (χ2n) is 6.95. The van der Waals surface area contributed by atoms with Gasteiger partial charge in [0.25, 0.3) is 0 Å². The lowest BCUT2D eigenvalue weighted by atomic mass is 10.0. The van der Waals surface area contributed by atoms with Crippen molar-refractivity contribution in [3.05, 3.63) is 76.7 Å². The van der Waals surface area contributed by atoms with Gasteiger partial charge < -0.3 is 15.5 Å². The third-order valence-electron chi connectivity index (χ3n) is 5.06. The minimum absolute atomic E-state index is 0.261. The molecule has 2 aliphatic heterocycles. The van der Waals surface area contributed by atoms with E-state index in [1.165, 1.54) is 21.0 Å². The Morgan fingerprint density at radius 3 is 2.96 bits per heavy atom. The van der Waals surface area contributed by atoms with E-state index in [1.54, 1.807) is 11.3 Å². The summed E-state index contributed by atoms with van der Waals surface area (Å²) in [5.74, 6) is 1.06. The number of nitrogens with one attached hydrogen (secondary N) is 2. The number of hydrogen-bond donors (Lipinski definition) is 2. The van der Waals surface area contributed by atoms with E-state index >= 15 is 0 Å². The molecule has 1 atom stereocenters. The maximum atomic E-state index is 5.09. The molecule has 5 rings (SSSR count). The number of fused-ring (bicyclic) bond motifs is 2. The number of amidine groups is 1. The SMILES string of the molecule is Cc1cc2c(s1)Nc1ccccc1N=C2N1CCNC(c2[c]cccc2)C1. The molecule has 1 saturated heterocycles. The Bertz CT molecular complexity index is 993. The minimum atomic E-state index is 0.261. The fourth-order valence-corrected chi connectivity index (χ4v) is 4.68. The van der Waals surface area contributed by atoms with Gasteiger partial charge in [-0.05, 0) is 36.8 Å². The van der Waals surface area contributed by atoms with Crippen molar-refractivity contribution in [1.29, 1.82) is 0 Å². The number of benzene rings is 2. The summed E-state index contributed by atoms with van der Waals surface area (Å²) in [6.07, 6.45) is 0. The molecule has 1 fully saturated rings. The molecule has 0 aliphatic carbocycles. The summed E-state index contributed by atoms with van der Waals surface area (Å²) in [6.45, 7) is 4.92. The summed E-state index contributed by atoms with van der Waals surface area (Å²) in [5.41, 5.74) is 4.47. The van der Waals surface area contributed by atoms with Gasteiger partial charge in [0.1, 0.15) is 10.8 Å². The Kier molecular flexibility index (Phi) is 4.19. The number of aryl methyl sites for hydroxylation is 1. The molecule has 4 nitrogen and oxygen atoms in total. The van der Waals surface area contributed by atoms with Gasteiger partial charge in [-0.2, -0.15) is 0 Å². The molecule has 0 bridgehead atoms. The lowest BCUT2D eigenvalue weighted by Gasteiger charge is -2.35. The molecule has 1 aromatic heterocycles. The zero-order valence-corrected chi connectivity index (χ0v) is 16.0. The Balaban J connectivity index is 1.55. The molecule has 2 aromatic carbocycles. The van der Waals surface area contributed by atoms with E-state index in [0.717, 1.165) is 36.8 Å². The molecular weight excluding hydrogens is 352 g/mol. The van der Waals surface area contributed by atoms with Crippen molar-refractivity contribution in [3.8, 4) is 0 Å². The smallest absolute Gasteiger partial charge is 0.139 e. The van der Waals surface area contributed by atoms with Crippen LogP contribution in [0.4, 0.5) is 16.4 Å². The molecule has 2 N–H and O–H groups in total. The summed E-state index contributed by atoms with van der Waals surface area (Å²) in [6, 6.07) is 22.4. The minimum Gasteiger partial charge on any atom is -0.353 e. The van der Waals surface area contributed by atoms with Crippen molar-refractivity contribution >= 4 is 33.5 Å². The van der Waals surface area contributed by atoms with Crippen molar-refractivity contribution in [2.45, 2.75) is 13.0 Å². The van der Waals surface area contributed by atoms with Crippen LogP contribution in [-0.2, 0) is 0 Å². The summed E-state index contributed by atoms with van der Waals surface area (Å²) < 4.78 is 0. The Morgan fingerprint density at radius 2 is 2.07 bits per heavy atom. The van der Waals surface area contributed by atoms with Gasteiger partial charge in [-0.25, -0.2) is 4.99 Å². The standard InChI is InChI=1S/C22H21N4S/c1-15-13-17-21(24-18-9-5-6-10-19(18)25-22(17)27-15)26-12-11-23-20(14-26)16-7-3-2-4-8-16/h2-7,9-10,13,20,23,25H,11-12,14H2,1H3. The van der Waals surface area contributed by atoms with Crippen LogP contribution in [0.5, 0.6) is 0 Å². The molecule has 5 heteroatoms. The second-order valence-corrected chi connectivity index (χ2v) is 8.20. The highest BCUT2D eigenvalue weighted by Gasteiger charge is 2.28. The van der Waals surface area contributed by atoms with E-state index in [2.05, 4.69) is 64.9 Å². The molecule has 1 radical (unpaired) electrons. The maximum absolute atomic E-state index is 5.09. The quantitative estimate of drug-likeness (QED) is 0.653. The largest absolute Gasteiger partial charge is 0.353 e. The predicted molar refractivity (Wildman–Crippen MR) is 113 cm³/mol. The Morgan fingerprint density at radius 1 is 1.19 bits per heavy atom. The first-order chi connectivity index (χ1) is 13.3. The number of thiophene rings is 1. The molecule has 0 saturated carbocycles. The maximum Gasteiger partial charge on any atom is 0.139 e. The van der Waals surface area contributed by atoms with Gasteiger partial charge >= 0.3 is 0 Å². The van der Waals surface area contributed by atoms with E-state index < -0.39 is 0 Å². The van der Waals surface area contributed by atoms with E-state index in [9.17, 15) is 0 Å². The van der Waals surface area contributed by atoms with Crippen LogP contribution < -0.4 is 10.6 Å². The monoisotopic (exact) mass is 373 g/mol. The van der Waals surface area contributed by atoms with E-state index in [1.807, 2.05) is 18.2 Å². The van der Waals surface area contributed by atoms with Crippen LogP contribution in [0, 0.1) is 13.0 Å². The summed E-state index contributed by atoms with van der Waals surface area (Å²) in [7, 11) is 0. The Labute approximate surface area is 163 Å². The van der Waals surface area contributed by atoms with Crippen molar-refractivity contribution < 1.29 is 0 Å². The lowest BCUT2D eigenvalue weighted by molar-refractivity contribution is 0.295. The van der Waals surface area contributed by atoms with Gasteiger partial charge in [0, 0.05) is 24.5 Å².